The Morgan fingerprint density at radius 1 is 1.15 bits per heavy atom. The van der Waals surface area contributed by atoms with Crippen molar-refractivity contribution in [2.75, 3.05) is 0 Å². The van der Waals surface area contributed by atoms with Crippen molar-refractivity contribution in [3.63, 3.8) is 0 Å². The van der Waals surface area contributed by atoms with Gasteiger partial charge in [-0.3, -0.25) is 14.2 Å². The standard InChI is InChI=1S/C25H25F2N5O2/c1-31-13-17(12-28-31)15-9-10-16(19(27)11-15)14-32-21-7-4-5-18(26)23(21)24(30-32)25(34)29-20-6-2-3-8-22(20)33/h4-5,7,9-13,20,22,33H,2-3,6,8,14H2,1H3,(H,29,34)/t20-,22-/m1/s1. The van der Waals surface area contributed by atoms with Gasteiger partial charge in [0.05, 0.1) is 35.8 Å². The number of nitrogens with zero attached hydrogens (tertiary/aromatic N) is 4. The van der Waals surface area contributed by atoms with E-state index < -0.39 is 29.7 Å². The third-order valence-corrected chi connectivity index (χ3v) is 6.40. The van der Waals surface area contributed by atoms with Crippen molar-refractivity contribution >= 4 is 16.8 Å². The van der Waals surface area contributed by atoms with Crippen molar-refractivity contribution in [2.45, 2.75) is 44.4 Å². The molecule has 2 atom stereocenters. The molecule has 2 aromatic carbocycles. The van der Waals surface area contributed by atoms with Crippen LogP contribution in [0.1, 0.15) is 41.7 Å². The van der Waals surface area contributed by atoms with Crippen LogP contribution in [-0.2, 0) is 13.6 Å². The summed E-state index contributed by atoms with van der Waals surface area (Å²) in [6.45, 7) is 0.0262. The molecule has 2 aromatic heterocycles. The predicted octanol–water partition coefficient (Wildman–Crippen LogP) is 3.80. The molecule has 1 aliphatic rings. The lowest BCUT2D eigenvalue weighted by Crippen LogP contribution is -2.45. The molecule has 2 N–H and O–H groups in total. The van der Waals surface area contributed by atoms with Gasteiger partial charge in [0.1, 0.15) is 11.6 Å². The number of aromatic nitrogens is 4. The van der Waals surface area contributed by atoms with E-state index in [1.54, 1.807) is 42.3 Å². The fourth-order valence-electron chi connectivity index (χ4n) is 4.57. The molecule has 176 valence electrons. The fourth-order valence-corrected chi connectivity index (χ4v) is 4.57. The number of rotatable bonds is 5. The lowest BCUT2D eigenvalue weighted by atomic mass is 9.92. The average molecular weight is 466 g/mol. The normalized spacial score (nSPS) is 18.4. The summed E-state index contributed by atoms with van der Waals surface area (Å²) in [5.41, 5.74) is 2.17. The van der Waals surface area contributed by atoms with Gasteiger partial charge in [-0.05, 0) is 36.6 Å². The second-order valence-corrected chi connectivity index (χ2v) is 8.78. The highest BCUT2D eigenvalue weighted by atomic mass is 19.1. The molecule has 1 saturated carbocycles. The van der Waals surface area contributed by atoms with Crippen molar-refractivity contribution in [1.29, 1.82) is 0 Å². The Hall–Kier alpha value is -3.59. The zero-order valence-corrected chi connectivity index (χ0v) is 18.7. The summed E-state index contributed by atoms with van der Waals surface area (Å²) < 4.78 is 32.8. The van der Waals surface area contributed by atoms with Crippen molar-refractivity contribution in [2.24, 2.45) is 7.05 Å². The lowest BCUT2D eigenvalue weighted by Gasteiger charge is -2.28. The number of carbonyl (C=O) groups excluding carboxylic acids is 1. The number of aliphatic hydroxyl groups excluding tert-OH is 1. The minimum absolute atomic E-state index is 0.0262. The molecule has 0 bridgehead atoms. The summed E-state index contributed by atoms with van der Waals surface area (Å²) in [6.07, 6.45) is 5.90. The van der Waals surface area contributed by atoms with E-state index >= 15 is 0 Å². The first-order valence-electron chi connectivity index (χ1n) is 11.3. The first-order valence-corrected chi connectivity index (χ1v) is 11.3. The largest absolute Gasteiger partial charge is 0.391 e. The van der Waals surface area contributed by atoms with Crippen LogP contribution in [0.15, 0.2) is 48.8 Å². The molecule has 1 fully saturated rings. The second kappa shape index (κ2) is 8.98. The maximum absolute atomic E-state index is 15.0. The minimum atomic E-state index is -0.636. The quantitative estimate of drug-likeness (QED) is 0.470. The fraction of sp³-hybridized carbons (Fsp3) is 0.320. The van der Waals surface area contributed by atoms with E-state index in [1.165, 1.54) is 22.9 Å². The van der Waals surface area contributed by atoms with Crippen LogP contribution in [0.25, 0.3) is 22.0 Å². The van der Waals surface area contributed by atoms with Gasteiger partial charge in [-0.2, -0.15) is 10.2 Å². The first kappa shape index (κ1) is 22.2. The zero-order chi connectivity index (χ0) is 23.8. The van der Waals surface area contributed by atoms with Crippen LogP contribution >= 0.6 is 0 Å². The summed E-state index contributed by atoms with van der Waals surface area (Å²) >= 11 is 0. The van der Waals surface area contributed by atoms with Crippen LogP contribution in [-0.4, -0.2) is 42.7 Å². The monoisotopic (exact) mass is 465 g/mol. The van der Waals surface area contributed by atoms with Gasteiger partial charge in [0.15, 0.2) is 5.69 Å². The van der Waals surface area contributed by atoms with E-state index in [9.17, 15) is 18.7 Å². The van der Waals surface area contributed by atoms with Crippen molar-refractivity contribution in [3.05, 3.63) is 71.7 Å². The Morgan fingerprint density at radius 2 is 1.97 bits per heavy atom. The van der Waals surface area contributed by atoms with Crippen LogP contribution in [0.3, 0.4) is 0 Å². The number of benzene rings is 2. The summed E-state index contributed by atoms with van der Waals surface area (Å²) in [4.78, 5) is 13.0. The van der Waals surface area contributed by atoms with E-state index in [0.29, 0.717) is 29.5 Å². The van der Waals surface area contributed by atoms with E-state index in [2.05, 4.69) is 15.5 Å². The smallest absolute Gasteiger partial charge is 0.272 e. The van der Waals surface area contributed by atoms with Gasteiger partial charge in [-0.15, -0.1) is 0 Å². The number of amides is 1. The molecule has 0 saturated heterocycles. The maximum Gasteiger partial charge on any atom is 0.272 e. The van der Waals surface area contributed by atoms with Crippen LogP contribution in [0.5, 0.6) is 0 Å². The maximum atomic E-state index is 15.0. The minimum Gasteiger partial charge on any atom is -0.391 e. The molecule has 1 aliphatic carbocycles. The Kier molecular flexibility index (Phi) is 5.87. The predicted molar refractivity (Wildman–Crippen MR) is 123 cm³/mol. The molecular weight excluding hydrogens is 440 g/mol. The highest BCUT2D eigenvalue weighted by Crippen LogP contribution is 2.26. The Labute approximate surface area is 195 Å². The molecule has 34 heavy (non-hydrogen) atoms. The van der Waals surface area contributed by atoms with Gasteiger partial charge in [0.2, 0.25) is 0 Å². The second-order valence-electron chi connectivity index (χ2n) is 8.78. The number of hydrogen-bond acceptors (Lipinski definition) is 4. The molecule has 0 radical (unpaired) electrons. The SMILES string of the molecule is Cn1cc(-c2ccc(Cn3nc(C(=O)N[C@@H]4CCCC[C@H]4O)c4c(F)cccc43)c(F)c2)cn1. The van der Waals surface area contributed by atoms with E-state index in [0.717, 1.165) is 18.4 Å². The molecule has 5 rings (SSSR count). The molecule has 0 spiro atoms. The molecule has 1 amide bonds. The third kappa shape index (κ3) is 4.19. The number of nitrogens with one attached hydrogen (secondary N) is 1. The number of halogens is 2. The van der Waals surface area contributed by atoms with Gasteiger partial charge in [-0.25, -0.2) is 8.78 Å². The average Bonchev–Trinajstić information content (AvgIpc) is 3.41. The van der Waals surface area contributed by atoms with Crippen LogP contribution in [0, 0.1) is 11.6 Å². The molecule has 4 aromatic rings. The lowest BCUT2D eigenvalue weighted by molar-refractivity contribution is 0.0714. The van der Waals surface area contributed by atoms with Crippen molar-refractivity contribution in [1.82, 2.24) is 24.9 Å². The Morgan fingerprint density at radius 3 is 2.71 bits per heavy atom. The summed E-state index contributed by atoms with van der Waals surface area (Å²) in [6, 6.07) is 8.93. The third-order valence-electron chi connectivity index (χ3n) is 6.40. The number of carbonyl (C=O) groups is 1. The van der Waals surface area contributed by atoms with E-state index in [1.807, 2.05) is 0 Å². The van der Waals surface area contributed by atoms with Gasteiger partial charge >= 0.3 is 0 Å². The van der Waals surface area contributed by atoms with E-state index in [-0.39, 0.29) is 17.6 Å². The molecule has 0 aliphatic heterocycles. The van der Waals surface area contributed by atoms with Crippen LogP contribution in [0.2, 0.25) is 0 Å². The zero-order valence-electron chi connectivity index (χ0n) is 18.7. The van der Waals surface area contributed by atoms with Crippen LogP contribution in [0.4, 0.5) is 8.78 Å². The molecule has 9 heteroatoms. The molecule has 0 unspecified atom stereocenters. The Balaban J connectivity index is 1.46. The number of aliphatic hydroxyl groups is 1. The number of hydrogen-bond donors (Lipinski definition) is 2. The van der Waals surface area contributed by atoms with Gasteiger partial charge in [0, 0.05) is 24.4 Å². The van der Waals surface area contributed by atoms with Gasteiger partial charge in [-0.1, -0.05) is 31.0 Å². The van der Waals surface area contributed by atoms with Gasteiger partial charge in [0.25, 0.3) is 5.91 Å². The van der Waals surface area contributed by atoms with E-state index in [4.69, 9.17) is 0 Å². The summed E-state index contributed by atoms with van der Waals surface area (Å²) in [5.74, 6) is -1.56. The molecule has 7 nitrogen and oxygen atoms in total. The number of aryl methyl sites for hydroxylation is 1. The first-order chi connectivity index (χ1) is 16.4. The number of fused-ring (bicyclic) bond motifs is 1. The highest BCUT2D eigenvalue weighted by molar-refractivity contribution is 6.05. The molecular formula is C25H25F2N5O2. The van der Waals surface area contributed by atoms with Gasteiger partial charge < -0.3 is 10.4 Å². The van der Waals surface area contributed by atoms with Crippen molar-refractivity contribution < 1.29 is 18.7 Å². The Bertz CT molecular complexity index is 1360. The summed E-state index contributed by atoms with van der Waals surface area (Å²) in [5, 5.41) is 21.6. The van der Waals surface area contributed by atoms with Crippen molar-refractivity contribution in [3.8, 4) is 11.1 Å². The van der Waals surface area contributed by atoms with Crippen LogP contribution < -0.4 is 5.32 Å². The highest BCUT2D eigenvalue weighted by Gasteiger charge is 2.28. The topological polar surface area (TPSA) is 85.0 Å². The summed E-state index contributed by atoms with van der Waals surface area (Å²) in [7, 11) is 1.79. The molecule has 2 heterocycles.